The van der Waals surface area contributed by atoms with Gasteiger partial charge in [0.2, 0.25) is 0 Å². The molecule has 0 aromatic heterocycles. The van der Waals surface area contributed by atoms with E-state index in [4.69, 9.17) is 18.9 Å². The summed E-state index contributed by atoms with van der Waals surface area (Å²) < 4.78 is 22.0. The van der Waals surface area contributed by atoms with Crippen molar-refractivity contribution in [3.05, 3.63) is 58.7 Å². The fourth-order valence-corrected chi connectivity index (χ4v) is 6.77. The maximum absolute atomic E-state index is 13.4. The van der Waals surface area contributed by atoms with Crippen LogP contribution < -0.4 is 10.6 Å². The predicted octanol–water partition coefficient (Wildman–Crippen LogP) is 12.3. The summed E-state index contributed by atoms with van der Waals surface area (Å²) in [4.78, 5) is 79.3. The molecule has 0 aliphatic heterocycles. The minimum Gasteiger partial charge on any atom is -0.462 e. The Morgan fingerprint density at radius 3 is 0.758 bits per heavy atom. The van der Waals surface area contributed by atoms with E-state index in [1.54, 1.807) is 0 Å². The van der Waals surface area contributed by atoms with E-state index in [2.05, 4.69) is 38.3 Å². The van der Waals surface area contributed by atoms with Crippen molar-refractivity contribution in [2.45, 2.75) is 182 Å². The van der Waals surface area contributed by atoms with Crippen molar-refractivity contribution >= 4 is 47.1 Å². The van der Waals surface area contributed by atoms with Crippen molar-refractivity contribution in [1.82, 2.24) is 0 Å². The average molecular weight is 865 g/mol. The third kappa shape index (κ3) is 23.5. The largest absolute Gasteiger partial charge is 0.462 e. The first-order valence-electron chi connectivity index (χ1n) is 23.7. The van der Waals surface area contributed by atoms with Crippen LogP contribution in [-0.4, -0.2) is 62.1 Å². The first-order chi connectivity index (χ1) is 30.1. The highest BCUT2D eigenvalue weighted by atomic mass is 16.5. The minimum atomic E-state index is -1.13. The number of amides is 2. The summed E-state index contributed by atoms with van der Waals surface area (Å²) in [6, 6.07) is 8.03. The molecule has 12 heteroatoms. The summed E-state index contributed by atoms with van der Waals surface area (Å²) in [5.41, 5.74) is 0.0382. The Labute approximate surface area is 371 Å². The van der Waals surface area contributed by atoms with Crippen LogP contribution in [0.5, 0.6) is 0 Å². The summed E-state index contributed by atoms with van der Waals surface area (Å²) in [7, 11) is 0. The monoisotopic (exact) mass is 865 g/mol. The van der Waals surface area contributed by atoms with Gasteiger partial charge in [0.15, 0.2) is 0 Å². The van der Waals surface area contributed by atoms with Gasteiger partial charge in [0.1, 0.15) is 0 Å². The SMILES string of the molecule is CCCCCCCCOC(=O)c1cc(NC(=O)C(=O)Nc2cc(C(=O)OCCCCCCCC)cc(C(=O)OCCCCCCCC)c2)cc(C(=O)OCCCCCCCC)c1. The smallest absolute Gasteiger partial charge is 0.338 e. The Morgan fingerprint density at radius 1 is 0.323 bits per heavy atom. The zero-order valence-corrected chi connectivity index (χ0v) is 38.3. The Balaban J connectivity index is 2.23. The van der Waals surface area contributed by atoms with Gasteiger partial charge in [0.25, 0.3) is 0 Å². The van der Waals surface area contributed by atoms with E-state index in [9.17, 15) is 28.8 Å². The van der Waals surface area contributed by atoms with Crippen molar-refractivity contribution < 1.29 is 47.7 Å². The average Bonchev–Trinajstić information content (AvgIpc) is 3.27. The standard InChI is InChI=1S/C50H76N2O10/c1-5-9-13-17-21-25-29-59-47(55)39-33-40(48(56)60-30-26-22-18-14-10-6-2)36-43(35-39)51-45(53)46(54)52-44-37-41(49(57)61-31-27-23-19-15-11-7-3)34-42(38-44)50(58)62-32-28-24-20-16-12-8-4/h33-38H,5-32H2,1-4H3,(H,51,53)(H,52,54). The zero-order valence-electron chi connectivity index (χ0n) is 38.3. The summed E-state index contributed by atoms with van der Waals surface area (Å²) in [6.45, 7) is 9.37. The molecule has 2 amide bonds. The van der Waals surface area contributed by atoms with E-state index in [0.717, 1.165) is 128 Å². The summed E-state index contributed by atoms with van der Waals surface area (Å²) in [5.74, 6) is -4.98. The molecule has 2 aromatic rings. The minimum absolute atomic E-state index is 0.00309. The molecular formula is C50H76N2O10. The summed E-state index contributed by atoms with van der Waals surface area (Å²) >= 11 is 0. The van der Waals surface area contributed by atoms with Crippen molar-refractivity contribution in [3.63, 3.8) is 0 Å². The van der Waals surface area contributed by atoms with Crippen LogP contribution in [0.15, 0.2) is 36.4 Å². The maximum atomic E-state index is 13.4. The van der Waals surface area contributed by atoms with Crippen LogP contribution in [0.1, 0.15) is 223 Å². The number of hydrogen-bond acceptors (Lipinski definition) is 10. The van der Waals surface area contributed by atoms with Crippen LogP contribution in [0, 0.1) is 0 Å². The van der Waals surface area contributed by atoms with Gasteiger partial charge in [-0.15, -0.1) is 0 Å². The van der Waals surface area contributed by atoms with Crippen LogP contribution in [-0.2, 0) is 28.5 Å². The van der Waals surface area contributed by atoms with E-state index in [0.29, 0.717) is 25.7 Å². The lowest BCUT2D eigenvalue weighted by atomic mass is 10.1. The lowest BCUT2D eigenvalue weighted by molar-refractivity contribution is -0.132. The molecule has 0 fully saturated rings. The van der Waals surface area contributed by atoms with E-state index in [-0.39, 0.29) is 60.1 Å². The molecule has 62 heavy (non-hydrogen) atoms. The first kappa shape index (κ1) is 53.4. The number of benzene rings is 2. The Hall–Kier alpha value is -4.74. The van der Waals surface area contributed by atoms with Crippen LogP contribution in [0.2, 0.25) is 0 Å². The molecule has 2 rings (SSSR count). The van der Waals surface area contributed by atoms with Crippen molar-refractivity contribution in [2.24, 2.45) is 0 Å². The molecule has 0 unspecified atom stereocenters. The Bertz CT molecular complexity index is 1430. The highest BCUT2D eigenvalue weighted by Gasteiger charge is 2.22. The number of esters is 4. The van der Waals surface area contributed by atoms with Crippen LogP contribution in [0.3, 0.4) is 0 Å². The normalized spacial score (nSPS) is 10.8. The molecule has 0 aliphatic carbocycles. The molecular weight excluding hydrogens is 789 g/mol. The highest BCUT2D eigenvalue weighted by molar-refractivity contribution is 6.43. The molecule has 0 aliphatic rings. The van der Waals surface area contributed by atoms with Gasteiger partial charge in [0.05, 0.1) is 48.7 Å². The number of hydrogen-bond donors (Lipinski definition) is 2. The first-order valence-corrected chi connectivity index (χ1v) is 23.7. The third-order valence-corrected chi connectivity index (χ3v) is 10.5. The molecule has 0 saturated heterocycles. The molecule has 12 nitrogen and oxygen atoms in total. The molecule has 0 spiro atoms. The van der Waals surface area contributed by atoms with Gasteiger partial charge >= 0.3 is 35.7 Å². The Morgan fingerprint density at radius 2 is 0.532 bits per heavy atom. The fraction of sp³-hybridized carbons (Fsp3) is 0.640. The number of ether oxygens (including phenoxy) is 4. The molecule has 0 bridgehead atoms. The third-order valence-electron chi connectivity index (χ3n) is 10.5. The summed E-state index contributed by atoms with van der Waals surface area (Å²) in [5, 5.41) is 4.95. The van der Waals surface area contributed by atoms with Crippen molar-refractivity contribution in [1.29, 1.82) is 0 Å². The maximum Gasteiger partial charge on any atom is 0.338 e. The topological polar surface area (TPSA) is 163 Å². The zero-order chi connectivity index (χ0) is 45.2. The Kier molecular flexibility index (Phi) is 29.1. The van der Waals surface area contributed by atoms with Gasteiger partial charge in [-0.25, -0.2) is 19.2 Å². The molecule has 2 N–H and O–H groups in total. The van der Waals surface area contributed by atoms with E-state index >= 15 is 0 Å². The molecule has 0 radical (unpaired) electrons. The van der Waals surface area contributed by atoms with Gasteiger partial charge in [-0.1, -0.05) is 156 Å². The predicted molar refractivity (Wildman–Crippen MR) is 245 cm³/mol. The van der Waals surface area contributed by atoms with Gasteiger partial charge in [-0.2, -0.15) is 0 Å². The molecule has 0 atom stereocenters. The molecule has 0 heterocycles. The highest BCUT2D eigenvalue weighted by Crippen LogP contribution is 2.21. The van der Waals surface area contributed by atoms with Gasteiger partial charge in [0, 0.05) is 11.4 Å². The molecule has 2 aromatic carbocycles. The van der Waals surface area contributed by atoms with Crippen LogP contribution in [0.25, 0.3) is 0 Å². The van der Waals surface area contributed by atoms with Gasteiger partial charge in [-0.05, 0) is 62.1 Å². The second kappa shape index (κ2) is 33.8. The number of unbranched alkanes of at least 4 members (excludes halogenated alkanes) is 20. The van der Waals surface area contributed by atoms with Crippen LogP contribution >= 0.6 is 0 Å². The fourth-order valence-electron chi connectivity index (χ4n) is 6.77. The summed E-state index contributed by atoms with van der Waals surface area (Å²) in [6.07, 6.45) is 24.2. The van der Waals surface area contributed by atoms with Crippen LogP contribution in [0.4, 0.5) is 11.4 Å². The van der Waals surface area contributed by atoms with Gasteiger partial charge in [-0.3, -0.25) is 9.59 Å². The lowest BCUT2D eigenvalue weighted by Gasteiger charge is -2.13. The second-order valence-corrected chi connectivity index (χ2v) is 16.1. The van der Waals surface area contributed by atoms with E-state index in [1.165, 1.54) is 36.4 Å². The number of carbonyl (C=O) groups excluding carboxylic acids is 6. The van der Waals surface area contributed by atoms with Crippen molar-refractivity contribution in [3.8, 4) is 0 Å². The van der Waals surface area contributed by atoms with E-state index < -0.39 is 35.7 Å². The van der Waals surface area contributed by atoms with E-state index in [1.807, 2.05) is 0 Å². The molecule has 0 saturated carbocycles. The molecule has 346 valence electrons. The number of anilines is 2. The second-order valence-electron chi connectivity index (χ2n) is 16.1. The van der Waals surface area contributed by atoms with Crippen molar-refractivity contribution in [2.75, 3.05) is 37.1 Å². The number of carbonyl (C=O) groups is 6. The lowest BCUT2D eigenvalue weighted by Crippen LogP contribution is -2.29. The number of nitrogens with one attached hydrogen (secondary N) is 2. The quantitative estimate of drug-likeness (QED) is 0.0299. The van der Waals surface area contributed by atoms with Gasteiger partial charge < -0.3 is 29.6 Å². The number of rotatable bonds is 34.